The highest BCUT2D eigenvalue weighted by molar-refractivity contribution is 7.15. The number of methoxy groups -OCH3 is 1. The number of hydrogen-bond donors (Lipinski definition) is 0. The Morgan fingerprint density at radius 3 is 2.47 bits per heavy atom. The van der Waals surface area contributed by atoms with Crippen LogP contribution in [0.5, 0.6) is 0 Å². The lowest BCUT2D eigenvalue weighted by molar-refractivity contribution is 0.0597. The topological polar surface area (TPSA) is 61.3 Å². The summed E-state index contributed by atoms with van der Waals surface area (Å²) in [6, 6.07) is 12.1. The van der Waals surface area contributed by atoms with Gasteiger partial charge in [0.15, 0.2) is 0 Å². The lowest BCUT2D eigenvalue weighted by atomic mass is 9.74. The van der Waals surface area contributed by atoms with Gasteiger partial charge in [-0.15, -0.1) is 11.3 Å². The van der Waals surface area contributed by atoms with Crippen molar-refractivity contribution >= 4 is 17.3 Å². The zero-order valence-corrected chi connectivity index (χ0v) is 17.8. The van der Waals surface area contributed by atoms with Crippen molar-refractivity contribution < 1.29 is 14.3 Å². The van der Waals surface area contributed by atoms with Crippen molar-refractivity contribution in [1.82, 2.24) is 9.97 Å². The van der Waals surface area contributed by atoms with Gasteiger partial charge in [-0.3, -0.25) is 4.98 Å². The highest BCUT2D eigenvalue weighted by Crippen LogP contribution is 2.45. The third-order valence-electron chi connectivity index (χ3n) is 6.19. The largest absolute Gasteiger partial charge is 0.465 e. The van der Waals surface area contributed by atoms with Gasteiger partial charge in [-0.1, -0.05) is 18.2 Å². The summed E-state index contributed by atoms with van der Waals surface area (Å²) in [4.78, 5) is 22.5. The summed E-state index contributed by atoms with van der Waals surface area (Å²) in [7, 11) is 1.40. The van der Waals surface area contributed by atoms with Crippen molar-refractivity contribution in [2.75, 3.05) is 20.3 Å². The second kappa shape index (κ2) is 7.93. The van der Waals surface area contributed by atoms with E-state index in [4.69, 9.17) is 14.5 Å². The quantitative estimate of drug-likeness (QED) is 0.546. The summed E-state index contributed by atoms with van der Waals surface area (Å²) in [5.74, 6) is 0.343. The van der Waals surface area contributed by atoms with Gasteiger partial charge in [-0.2, -0.15) is 0 Å². The number of pyridine rings is 1. The lowest BCUT2D eigenvalue weighted by Gasteiger charge is -2.36. The molecule has 0 bridgehead atoms. The molecular formula is C24H24N2O3S. The summed E-state index contributed by atoms with van der Waals surface area (Å²) in [6.45, 7) is 1.40. The molecule has 6 heteroatoms. The number of hydrogen-bond acceptors (Lipinski definition) is 6. The minimum atomic E-state index is -0.318. The predicted molar refractivity (Wildman–Crippen MR) is 116 cm³/mol. The van der Waals surface area contributed by atoms with E-state index in [1.807, 2.05) is 36.7 Å². The van der Waals surface area contributed by atoms with Gasteiger partial charge in [0.2, 0.25) is 0 Å². The SMILES string of the molecule is COC(=O)c1ccc(C2(c3ncc(-c4ccc(C5CC5)nc4)s3)CCOCC2)cc1. The van der Waals surface area contributed by atoms with Gasteiger partial charge in [0.05, 0.1) is 23.0 Å². The molecule has 1 saturated heterocycles. The van der Waals surface area contributed by atoms with Crippen molar-refractivity contribution in [3.63, 3.8) is 0 Å². The van der Waals surface area contributed by atoms with E-state index in [1.54, 1.807) is 11.3 Å². The molecule has 5 nitrogen and oxygen atoms in total. The number of nitrogens with zero attached hydrogens (tertiary/aromatic N) is 2. The Morgan fingerprint density at radius 1 is 1.07 bits per heavy atom. The van der Waals surface area contributed by atoms with Crippen molar-refractivity contribution in [1.29, 1.82) is 0 Å². The summed E-state index contributed by atoms with van der Waals surface area (Å²) in [5, 5.41) is 1.10. The molecule has 2 fully saturated rings. The maximum Gasteiger partial charge on any atom is 0.337 e. The van der Waals surface area contributed by atoms with Crippen LogP contribution in [-0.2, 0) is 14.9 Å². The van der Waals surface area contributed by atoms with E-state index in [1.165, 1.54) is 31.2 Å². The number of carbonyl (C=O) groups excluding carboxylic acids is 1. The minimum absolute atomic E-state index is 0.197. The zero-order chi connectivity index (χ0) is 20.6. The first-order valence-electron chi connectivity index (χ1n) is 10.4. The van der Waals surface area contributed by atoms with Crippen LogP contribution in [-0.4, -0.2) is 36.3 Å². The molecule has 2 aromatic heterocycles. The summed E-state index contributed by atoms with van der Waals surface area (Å²) in [6.07, 6.45) is 8.21. The molecule has 0 spiro atoms. The van der Waals surface area contributed by atoms with E-state index < -0.39 is 0 Å². The fraction of sp³-hybridized carbons (Fsp3) is 0.375. The Bertz CT molecular complexity index is 1030. The van der Waals surface area contributed by atoms with Crippen molar-refractivity contribution in [3.8, 4) is 10.4 Å². The van der Waals surface area contributed by atoms with E-state index in [-0.39, 0.29) is 11.4 Å². The van der Waals surface area contributed by atoms with Crippen LogP contribution in [0.15, 0.2) is 48.8 Å². The molecule has 1 aromatic carbocycles. The van der Waals surface area contributed by atoms with Crippen LogP contribution in [0.2, 0.25) is 0 Å². The molecule has 5 rings (SSSR count). The average Bonchev–Trinajstić information content (AvgIpc) is 3.55. The van der Waals surface area contributed by atoms with Crippen LogP contribution in [0.1, 0.15) is 58.2 Å². The van der Waals surface area contributed by atoms with E-state index >= 15 is 0 Å². The second-order valence-electron chi connectivity index (χ2n) is 8.04. The van der Waals surface area contributed by atoms with Crippen molar-refractivity contribution in [2.24, 2.45) is 0 Å². The standard InChI is InChI=1S/C24H24N2O3S/c1-28-22(27)17-4-7-19(8-5-17)24(10-12-29-13-11-24)23-26-15-21(30-23)18-6-9-20(25-14-18)16-2-3-16/h4-9,14-16H,2-3,10-13H2,1H3. The second-order valence-corrected chi connectivity index (χ2v) is 9.07. The van der Waals surface area contributed by atoms with E-state index in [2.05, 4.69) is 17.1 Å². The first-order chi connectivity index (χ1) is 14.7. The van der Waals surface area contributed by atoms with Crippen LogP contribution in [0.3, 0.4) is 0 Å². The number of carbonyl (C=O) groups is 1. The molecule has 1 saturated carbocycles. The van der Waals surface area contributed by atoms with Crippen LogP contribution in [0.25, 0.3) is 10.4 Å². The molecule has 0 N–H and O–H groups in total. The first kappa shape index (κ1) is 19.4. The molecule has 0 amide bonds. The fourth-order valence-electron chi connectivity index (χ4n) is 4.19. The van der Waals surface area contributed by atoms with Gasteiger partial charge in [0, 0.05) is 42.8 Å². The Morgan fingerprint density at radius 2 is 1.83 bits per heavy atom. The molecule has 1 aliphatic carbocycles. The lowest BCUT2D eigenvalue weighted by Crippen LogP contribution is -2.35. The van der Waals surface area contributed by atoms with Gasteiger partial charge >= 0.3 is 5.97 Å². The third kappa shape index (κ3) is 3.55. The van der Waals surface area contributed by atoms with E-state index in [9.17, 15) is 4.79 Å². The fourth-order valence-corrected chi connectivity index (χ4v) is 5.36. The highest BCUT2D eigenvalue weighted by atomic mass is 32.1. The van der Waals surface area contributed by atoms with Gasteiger partial charge in [0.1, 0.15) is 5.01 Å². The number of rotatable bonds is 5. The smallest absolute Gasteiger partial charge is 0.337 e. The van der Waals surface area contributed by atoms with E-state index in [0.29, 0.717) is 24.7 Å². The van der Waals surface area contributed by atoms with Gasteiger partial charge < -0.3 is 9.47 Å². The van der Waals surface area contributed by atoms with Gasteiger partial charge in [-0.25, -0.2) is 9.78 Å². The average molecular weight is 421 g/mol. The molecule has 0 unspecified atom stereocenters. The Kier molecular flexibility index (Phi) is 5.13. The maximum absolute atomic E-state index is 11.8. The Labute approximate surface area is 180 Å². The molecule has 0 radical (unpaired) electrons. The van der Waals surface area contributed by atoms with Gasteiger partial charge in [-0.05, 0) is 49.4 Å². The predicted octanol–water partition coefficient (Wildman–Crippen LogP) is 4.97. The first-order valence-corrected chi connectivity index (χ1v) is 11.2. The molecule has 1 aliphatic heterocycles. The molecule has 3 heterocycles. The zero-order valence-electron chi connectivity index (χ0n) is 17.0. The normalized spacial score (nSPS) is 18.2. The Hall–Kier alpha value is -2.57. The minimum Gasteiger partial charge on any atom is -0.465 e. The van der Waals surface area contributed by atoms with Crippen molar-refractivity contribution in [3.05, 3.63) is 70.6 Å². The monoisotopic (exact) mass is 420 g/mol. The third-order valence-corrected chi connectivity index (χ3v) is 7.44. The number of aromatic nitrogens is 2. The van der Waals surface area contributed by atoms with Gasteiger partial charge in [0.25, 0.3) is 0 Å². The molecular weight excluding hydrogens is 396 g/mol. The molecule has 2 aliphatic rings. The Balaban J connectivity index is 1.47. The highest BCUT2D eigenvalue weighted by Gasteiger charge is 2.39. The molecule has 0 atom stereocenters. The molecule has 3 aromatic rings. The van der Waals surface area contributed by atoms with E-state index in [0.717, 1.165) is 28.3 Å². The maximum atomic E-state index is 11.8. The number of esters is 1. The molecule has 30 heavy (non-hydrogen) atoms. The summed E-state index contributed by atoms with van der Waals surface area (Å²) >= 11 is 1.73. The summed E-state index contributed by atoms with van der Waals surface area (Å²) in [5.41, 5.74) is 3.85. The van der Waals surface area contributed by atoms with Crippen LogP contribution >= 0.6 is 11.3 Å². The number of ether oxygens (including phenoxy) is 2. The number of thiazole rings is 1. The van der Waals surface area contributed by atoms with Crippen LogP contribution < -0.4 is 0 Å². The summed E-state index contributed by atoms with van der Waals surface area (Å²) < 4.78 is 10.5. The number of benzene rings is 1. The van der Waals surface area contributed by atoms with Crippen molar-refractivity contribution in [2.45, 2.75) is 37.0 Å². The van der Waals surface area contributed by atoms with Crippen LogP contribution in [0, 0.1) is 0 Å². The molecule has 154 valence electrons. The van der Waals surface area contributed by atoms with Crippen LogP contribution in [0.4, 0.5) is 0 Å².